The third-order valence-corrected chi connectivity index (χ3v) is 3.09. The Balaban J connectivity index is 2.33. The van der Waals surface area contributed by atoms with Crippen LogP contribution in [-0.2, 0) is 0 Å². The number of rotatable bonds is 4. The van der Waals surface area contributed by atoms with Crippen LogP contribution in [0, 0.1) is 11.3 Å². The molecule has 5 nitrogen and oxygen atoms in total. The number of pyridine rings is 1. The van der Waals surface area contributed by atoms with Crippen molar-refractivity contribution in [3.63, 3.8) is 0 Å². The molecule has 0 atom stereocenters. The van der Waals surface area contributed by atoms with E-state index in [9.17, 15) is 4.79 Å². The van der Waals surface area contributed by atoms with Crippen LogP contribution in [0.2, 0.25) is 0 Å². The van der Waals surface area contributed by atoms with Gasteiger partial charge in [0.25, 0.3) is 5.91 Å². The summed E-state index contributed by atoms with van der Waals surface area (Å²) in [6, 6.07) is 10.7. The number of nitrogens with one attached hydrogen (secondary N) is 1. The van der Waals surface area contributed by atoms with Crippen molar-refractivity contribution >= 4 is 17.3 Å². The van der Waals surface area contributed by atoms with Gasteiger partial charge in [0, 0.05) is 25.5 Å². The molecule has 0 fully saturated rings. The molecule has 1 amide bonds. The summed E-state index contributed by atoms with van der Waals surface area (Å²) in [5, 5.41) is 12.1. The second kappa shape index (κ2) is 6.53. The molecule has 2 aromatic rings. The third-order valence-electron chi connectivity index (χ3n) is 3.09. The summed E-state index contributed by atoms with van der Waals surface area (Å²) < 4.78 is 0. The van der Waals surface area contributed by atoms with Crippen LogP contribution < -0.4 is 10.2 Å². The zero-order chi connectivity index (χ0) is 15.2. The highest BCUT2D eigenvalue weighted by atomic mass is 16.2. The standard InChI is InChI=1S/C16H16N4O/c1-3-19-15-11-18-8-7-14(15)16(21)20(2)13-6-4-5-12(9-13)10-17/h4-9,11,19H,3H2,1-2H3. The quantitative estimate of drug-likeness (QED) is 0.934. The second-order valence-corrected chi connectivity index (χ2v) is 4.48. The zero-order valence-electron chi connectivity index (χ0n) is 12.0. The van der Waals surface area contributed by atoms with E-state index in [1.807, 2.05) is 6.92 Å². The normalized spacial score (nSPS) is 9.76. The monoisotopic (exact) mass is 280 g/mol. The van der Waals surface area contributed by atoms with Crippen molar-refractivity contribution in [3.8, 4) is 6.07 Å². The summed E-state index contributed by atoms with van der Waals surface area (Å²) in [6.07, 6.45) is 3.23. The van der Waals surface area contributed by atoms with Gasteiger partial charge in [-0.15, -0.1) is 0 Å². The van der Waals surface area contributed by atoms with Crippen LogP contribution in [0.3, 0.4) is 0 Å². The van der Waals surface area contributed by atoms with Crippen molar-refractivity contribution in [1.82, 2.24) is 4.98 Å². The lowest BCUT2D eigenvalue weighted by Crippen LogP contribution is -2.27. The summed E-state index contributed by atoms with van der Waals surface area (Å²) >= 11 is 0. The fourth-order valence-corrected chi connectivity index (χ4v) is 1.99. The lowest BCUT2D eigenvalue weighted by atomic mass is 10.1. The number of benzene rings is 1. The van der Waals surface area contributed by atoms with Gasteiger partial charge in [-0.3, -0.25) is 9.78 Å². The average molecular weight is 280 g/mol. The molecule has 0 aliphatic carbocycles. The molecule has 0 radical (unpaired) electrons. The zero-order valence-corrected chi connectivity index (χ0v) is 12.0. The van der Waals surface area contributed by atoms with Crippen molar-refractivity contribution in [3.05, 3.63) is 53.9 Å². The molecule has 0 aliphatic rings. The third kappa shape index (κ3) is 3.18. The van der Waals surface area contributed by atoms with Gasteiger partial charge >= 0.3 is 0 Å². The SMILES string of the molecule is CCNc1cnccc1C(=O)N(C)c1cccc(C#N)c1. The lowest BCUT2D eigenvalue weighted by molar-refractivity contribution is 0.0993. The molecule has 106 valence electrons. The number of nitrogens with zero attached hydrogens (tertiary/aromatic N) is 3. The molecular weight excluding hydrogens is 264 g/mol. The maximum atomic E-state index is 12.6. The highest BCUT2D eigenvalue weighted by molar-refractivity contribution is 6.09. The van der Waals surface area contributed by atoms with E-state index in [0.29, 0.717) is 29.0 Å². The van der Waals surface area contributed by atoms with Crippen molar-refractivity contribution in [1.29, 1.82) is 5.26 Å². The Morgan fingerprint density at radius 2 is 2.24 bits per heavy atom. The number of carbonyl (C=O) groups excluding carboxylic acids is 1. The van der Waals surface area contributed by atoms with Gasteiger partial charge < -0.3 is 10.2 Å². The topological polar surface area (TPSA) is 69.0 Å². The Morgan fingerprint density at radius 3 is 2.95 bits per heavy atom. The second-order valence-electron chi connectivity index (χ2n) is 4.48. The fourth-order valence-electron chi connectivity index (χ4n) is 1.99. The first-order valence-corrected chi connectivity index (χ1v) is 6.63. The minimum absolute atomic E-state index is 0.150. The molecule has 0 saturated heterocycles. The molecule has 1 aromatic heterocycles. The number of nitriles is 1. The largest absolute Gasteiger partial charge is 0.383 e. The van der Waals surface area contributed by atoms with Crippen LogP contribution in [0.5, 0.6) is 0 Å². The number of hydrogen-bond donors (Lipinski definition) is 1. The predicted molar refractivity (Wildman–Crippen MR) is 82.3 cm³/mol. The first-order valence-electron chi connectivity index (χ1n) is 6.63. The smallest absolute Gasteiger partial charge is 0.260 e. The van der Waals surface area contributed by atoms with Crippen LogP contribution in [0.4, 0.5) is 11.4 Å². The maximum absolute atomic E-state index is 12.6. The maximum Gasteiger partial charge on any atom is 0.260 e. The summed E-state index contributed by atoms with van der Waals surface area (Å²) in [5.74, 6) is -0.150. The van der Waals surface area contributed by atoms with Crippen molar-refractivity contribution in [2.24, 2.45) is 0 Å². The molecule has 2 rings (SSSR count). The molecule has 5 heteroatoms. The predicted octanol–water partition coefficient (Wildman–Crippen LogP) is 2.66. The van der Waals surface area contributed by atoms with E-state index in [1.165, 1.54) is 4.90 Å². The minimum atomic E-state index is -0.150. The molecule has 0 unspecified atom stereocenters. The Bertz CT molecular complexity index is 691. The van der Waals surface area contributed by atoms with E-state index in [4.69, 9.17) is 5.26 Å². The number of amides is 1. The number of hydrogen-bond acceptors (Lipinski definition) is 4. The van der Waals surface area contributed by atoms with E-state index in [1.54, 1.807) is 49.8 Å². The van der Waals surface area contributed by atoms with E-state index in [0.717, 1.165) is 0 Å². The first-order chi connectivity index (χ1) is 10.2. The van der Waals surface area contributed by atoms with E-state index < -0.39 is 0 Å². The van der Waals surface area contributed by atoms with Gasteiger partial charge in [0.15, 0.2) is 0 Å². The highest BCUT2D eigenvalue weighted by Crippen LogP contribution is 2.20. The van der Waals surface area contributed by atoms with E-state index in [2.05, 4.69) is 16.4 Å². The Labute approximate surface area is 123 Å². The molecule has 1 N–H and O–H groups in total. The van der Waals surface area contributed by atoms with Gasteiger partial charge in [-0.05, 0) is 31.2 Å². The lowest BCUT2D eigenvalue weighted by Gasteiger charge is -2.19. The van der Waals surface area contributed by atoms with Gasteiger partial charge in [-0.1, -0.05) is 6.07 Å². The van der Waals surface area contributed by atoms with E-state index in [-0.39, 0.29) is 5.91 Å². The molecule has 0 saturated carbocycles. The molecule has 21 heavy (non-hydrogen) atoms. The molecule has 1 aromatic carbocycles. The summed E-state index contributed by atoms with van der Waals surface area (Å²) in [7, 11) is 1.69. The highest BCUT2D eigenvalue weighted by Gasteiger charge is 2.17. The number of carbonyl (C=O) groups is 1. The van der Waals surface area contributed by atoms with Crippen LogP contribution in [0.25, 0.3) is 0 Å². The van der Waals surface area contributed by atoms with Crippen molar-refractivity contribution in [2.45, 2.75) is 6.92 Å². The van der Waals surface area contributed by atoms with Gasteiger partial charge in [0.1, 0.15) is 0 Å². The molecule has 0 bridgehead atoms. The summed E-state index contributed by atoms with van der Waals surface area (Å²) in [4.78, 5) is 18.2. The Hall–Kier alpha value is -2.87. The van der Waals surface area contributed by atoms with Crippen LogP contribution in [-0.4, -0.2) is 24.5 Å². The van der Waals surface area contributed by atoms with Crippen molar-refractivity contribution in [2.75, 3.05) is 23.8 Å². The van der Waals surface area contributed by atoms with Crippen LogP contribution in [0.15, 0.2) is 42.7 Å². The molecular formula is C16H16N4O. The fraction of sp³-hybridized carbons (Fsp3) is 0.188. The van der Waals surface area contributed by atoms with Gasteiger partial charge in [-0.2, -0.15) is 5.26 Å². The average Bonchev–Trinajstić information content (AvgIpc) is 2.54. The van der Waals surface area contributed by atoms with E-state index >= 15 is 0 Å². The first kappa shape index (κ1) is 14.5. The molecule has 0 aliphatic heterocycles. The van der Waals surface area contributed by atoms with Crippen LogP contribution >= 0.6 is 0 Å². The Kier molecular flexibility index (Phi) is 4.52. The van der Waals surface area contributed by atoms with Gasteiger partial charge in [-0.25, -0.2) is 0 Å². The van der Waals surface area contributed by atoms with Gasteiger partial charge in [0.05, 0.1) is 29.1 Å². The Morgan fingerprint density at radius 1 is 1.43 bits per heavy atom. The summed E-state index contributed by atoms with van der Waals surface area (Å²) in [5.41, 5.74) is 2.46. The minimum Gasteiger partial charge on any atom is -0.383 e. The molecule has 1 heterocycles. The van der Waals surface area contributed by atoms with Crippen LogP contribution in [0.1, 0.15) is 22.8 Å². The molecule has 0 spiro atoms. The number of aromatic nitrogens is 1. The van der Waals surface area contributed by atoms with Gasteiger partial charge in [0.2, 0.25) is 0 Å². The number of anilines is 2. The van der Waals surface area contributed by atoms with Crippen molar-refractivity contribution < 1.29 is 4.79 Å². The summed E-state index contributed by atoms with van der Waals surface area (Å²) in [6.45, 7) is 2.67.